The van der Waals surface area contributed by atoms with Gasteiger partial charge in [-0.1, -0.05) is 27.7 Å². The average molecular weight is 378 g/mol. The van der Waals surface area contributed by atoms with E-state index in [0.29, 0.717) is 5.75 Å². The molecule has 0 heterocycles. The zero-order valence-electron chi connectivity index (χ0n) is 13.7. The summed E-state index contributed by atoms with van der Waals surface area (Å²) < 4.78 is 5.07. The van der Waals surface area contributed by atoms with Crippen LogP contribution in [0.25, 0.3) is 0 Å². The average Bonchev–Trinajstić information content (AvgIpc) is 2.79. The second-order valence-electron chi connectivity index (χ2n) is 5.64. The topological polar surface area (TPSA) is 29.5 Å². The summed E-state index contributed by atoms with van der Waals surface area (Å²) in [6.45, 7) is 8.35. The van der Waals surface area contributed by atoms with Crippen LogP contribution in [-0.4, -0.2) is 12.2 Å². The maximum absolute atomic E-state index is 9.41. The number of hydrogen-bond acceptors (Lipinski definition) is 2. The monoisotopic (exact) mass is 377 g/mol. The molecule has 1 aromatic rings. The van der Waals surface area contributed by atoms with E-state index in [4.69, 9.17) is 4.74 Å². The van der Waals surface area contributed by atoms with Gasteiger partial charge in [-0.05, 0) is 23.1 Å². The van der Waals surface area contributed by atoms with E-state index in [-0.39, 0.29) is 57.7 Å². The quantitative estimate of drug-likeness (QED) is 0.472. The number of phenolic OH excluding ortho intramolecular Hbond substituents is 1. The van der Waals surface area contributed by atoms with Crippen LogP contribution in [-0.2, 0) is 27.1 Å². The van der Waals surface area contributed by atoms with Crippen molar-refractivity contribution in [3.05, 3.63) is 47.6 Å². The number of allylic oxidation sites excluding steroid dienone is 4. The number of ether oxygens (including phenoxy) is 1. The molecule has 2 rings (SSSR count). The van der Waals surface area contributed by atoms with Crippen molar-refractivity contribution in [1.29, 1.82) is 0 Å². The van der Waals surface area contributed by atoms with Gasteiger partial charge in [0.1, 0.15) is 11.5 Å². The molecule has 0 radical (unpaired) electrons. The Balaban J connectivity index is -0.000000346. The van der Waals surface area contributed by atoms with Gasteiger partial charge in [-0.15, -0.1) is 6.42 Å². The van der Waals surface area contributed by atoms with Gasteiger partial charge >= 0.3 is 0 Å². The molecule has 0 amide bonds. The zero-order chi connectivity index (χ0) is 14.5. The second-order valence-corrected chi connectivity index (χ2v) is 5.64. The van der Waals surface area contributed by atoms with E-state index in [1.807, 2.05) is 6.07 Å². The minimum atomic E-state index is 0. The molecule has 124 valence electrons. The molecule has 0 unspecified atom stereocenters. The van der Waals surface area contributed by atoms with E-state index < -0.39 is 0 Å². The van der Waals surface area contributed by atoms with Crippen LogP contribution in [0.15, 0.2) is 35.9 Å². The molecule has 0 saturated carbocycles. The van der Waals surface area contributed by atoms with E-state index in [2.05, 4.69) is 45.9 Å². The van der Waals surface area contributed by atoms with Crippen LogP contribution in [0.4, 0.5) is 0 Å². The van der Waals surface area contributed by atoms with Crippen LogP contribution in [0.3, 0.4) is 0 Å². The minimum Gasteiger partial charge on any atom is -1.00 e. The first kappa shape index (κ1) is 26.5. The number of phenols is 1. The standard InChI is InChI=1S/C11H16O2.C6H7.2ClH.Ti/c1-11(2,3)8-5-9(12)7-10(6-8)13-4;1-6-4-2-3-5-6;;;/h5-7,12H,1-4H3;2,4H,3H2,1H3;2*1H;/q;-1;;;/p-2. The van der Waals surface area contributed by atoms with Gasteiger partial charge in [0.2, 0.25) is 0 Å². The summed E-state index contributed by atoms with van der Waals surface area (Å²) in [4.78, 5) is 0. The molecular weight excluding hydrogens is 355 g/mol. The molecule has 0 fully saturated rings. The Hall–Kier alpha value is -0.406. The summed E-state index contributed by atoms with van der Waals surface area (Å²) in [6, 6.07) is 5.32. The van der Waals surface area contributed by atoms with Crippen molar-refractivity contribution >= 4 is 0 Å². The van der Waals surface area contributed by atoms with Crippen LogP contribution in [0.1, 0.15) is 39.7 Å². The van der Waals surface area contributed by atoms with E-state index >= 15 is 0 Å². The van der Waals surface area contributed by atoms with Crippen molar-refractivity contribution in [3.8, 4) is 11.5 Å². The first-order valence-corrected chi connectivity index (χ1v) is 6.45. The molecule has 1 aliphatic carbocycles. The van der Waals surface area contributed by atoms with Crippen LogP contribution in [0, 0.1) is 6.08 Å². The molecule has 0 aromatic heterocycles. The Kier molecular flexibility index (Phi) is 14.5. The van der Waals surface area contributed by atoms with Crippen LogP contribution < -0.4 is 29.6 Å². The molecule has 0 bridgehead atoms. The van der Waals surface area contributed by atoms with E-state index in [0.717, 1.165) is 12.0 Å². The number of benzene rings is 1. The minimum absolute atomic E-state index is 0. The molecule has 5 heteroatoms. The molecule has 0 atom stereocenters. The predicted octanol–water partition coefficient (Wildman–Crippen LogP) is -1.60. The van der Waals surface area contributed by atoms with Crippen molar-refractivity contribution in [2.45, 2.75) is 39.5 Å². The number of methoxy groups -OCH3 is 1. The molecule has 0 aliphatic heterocycles. The molecule has 0 saturated heterocycles. The molecule has 22 heavy (non-hydrogen) atoms. The number of aromatic hydroxyl groups is 1. The van der Waals surface area contributed by atoms with Crippen LogP contribution in [0.2, 0.25) is 0 Å². The van der Waals surface area contributed by atoms with Crippen LogP contribution >= 0.6 is 0 Å². The maximum atomic E-state index is 9.41. The molecule has 0 spiro atoms. The van der Waals surface area contributed by atoms with Crippen molar-refractivity contribution in [1.82, 2.24) is 0 Å². The summed E-state index contributed by atoms with van der Waals surface area (Å²) in [7, 11) is 1.60. The first-order chi connectivity index (χ1) is 8.82. The van der Waals surface area contributed by atoms with E-state index in [9.17, 15) is 5.11 Å². The van der Waals surface area contributed by atoms with Gasteiger partial charge in [-0.3, -0.25) is 6.08 Å². The smallest absolute Gasteiger partial charge is 0.122 e. The van der Waals surface area contributed by atoms with E-state index in [1.54, 1.807) is 19.2 Å². The Labute approximate surface area is 161 Å². The third-order valence-corrected chi connectivity index (χ3v) is 2.86. The fourth-order valence-corrected chi connectivity index (χ4v) is 1.65. The Morgan fingerprint density at radius 1 is 1.14 bits per heavy atom. The van der Waals surface area contributed by atoms with Crippen molar-refractivity contribution in [3.63, 3.8) is 0 Å². The van der Waals surface area contributed by atoms with Crippen molar-refractivity contribution < 1.29 is 56.4 Å². The summed E-state index contributed by atoms with van der Waals surface area (Å²) >= 11 is 0. The summed E-state index contributed by atoms with van der Waals surface area (Å²) in [5, 5.41) is 9.41. The van der Waals surface area contributed by atoms with Gasteiger partial charge in [0, 0.05) is 27.8 Å². The first-order valence-electron chi connectivity index (χ1n) is 6.45. The Morgan fingerprint density at radius 3 is 2.05 bits per heavy atom. The van der Waals surface area contributed by atoms with Gasteiger partial charge < -0.3 is 34.7 Å². The van der Waals surface area contributed by atoms with Crippen molar-refractivity contribution in [2.24, 2.45) is 0 Å². The molecule has 1 aromatic carbocycles. The van der Waals surface area contributed by atoms with Gasteiger partial charge in [0.15, 0.2) is 0 Å². The summed E-state index contributed by atoms with van der Waals surface area (Å²) in [5.41, 5.74) is 2.38. The van der Waals surface area contributed by atoms with Gasteiger partial charge in [0.25, 0.3) is 0 Å². The molecule has 1 aliphatic rings. The third kappa shape index (κ3) is 9.58. The molecular formula is C17H23Cl2O2Ti-3. The number of halogens is 2. The SMILES string of the molecule is CC1=[C-]CC=C1.COc1cc(O)cc(C(C)(C)C)c1.[Cl-].[Cl-].[Ti]. The largest absolute Gasteiger partial charge is 1.00 e. The van der Waals surface area contributed by atoms with E-state index in [1.165, 1.54) is 5.57 Å². The summed E-state index contributed by atoms with van der Waals surface area (Å²) in [6.07, 6.45) is 8.33. The number of rotatable bonds is 1. The molecule has 1 N–H and O–H groups in total. The summed E-state index contributed by atoms with van der Waals surface area (Å²) in [5.74, 6) is 0.953. The Bertz CT molecular complexity index is 489. The second kappa shape index (κ2) is 12.1. The van der Waals surface area contributed by atoms with Gasteiger partial charge in [0.05, 0.1) is 7.11 Å². The normalized spacial score (nSPS) is 11.8. The third-order valence-electron chi connectivity index (χ3n) is 2.86. The zero-order valence-corrected chi connectivity index (χ0v) is 16.8. The fraction of sp³-hybridized carbons (Fsp3) is 0.412. The van der Waals surface area contributed by atoms with Crippen LogP contribution in [0.5, 0.6) is 11.5 Å². The predicted molar refractivity (Wildman–Crippen MR) is 79.5 cm³/mol. The molecule has 2 nitrogen and oxygen atoms in total. The van der Waals surface area contributed by atoms with Gasteiger partial charge in [-0.2, -0.15) is 6.08 Å². The Morgan fingerprint density at radius 2 is 1.73 bits per heavy atom. The van der Waals surface area contributed by atoms with Crippen molar-refractivity contribution in [2.75, 3.05) is 7.11 Å². The fourth-order valence-electron chi connectivity index (χ4n) is 1.65. The number of hydrogen-bond donors (Lipinski definition) is 1. The van der Waals surface area contributed by atoms with Gasteiger partial charge in [-0.25, -0.2) is 11.6 Å². The maximum Gasteiger partial charge on any atom is 0.122 e.